The Kier molecular flexibility index (Phi) is 5.23. The molecular formula is C16H28N2O2S. The first-order chi connectivity index (χ1) is 9.97. The predicted molar refractivity (Wildman–Crippen MR) is 87.4 cm³/mol. The smallest absolute Gasteiger partial charge is 0.323 e. The maximum Gasteiger partial charge on any atom is 0.325 e. The molecule has 3 atom stereocenters. The molecule has 3 amide bonds. The topological polar surface area (TPSA) is 49.4 Å². The summed E-state index contributed by atoms with van der Waals surface area (Å²) in [6.45, 7) is 6.82. The van der Waals surface area contributed by atoms with Gasteiger partial charge in [0, 0.05) is 6.54 Å². The summed E-state index contributed by atoms with van der Waals surface area (Å²) in [5.41, 5.74) is -0.664. The van der Waals surface area contributed by atoms with Gasteiger partial charge < -0.3 is 5.32 Å². The van der Waals surface area contributed by atoms with Gasteiger partial charge in [0.15, 0.2) is 0 Å². The standard InChI is InChI=1S/C16H28N2O2S/c1-4-6-13(10-21)9-18-14(19)16(17-15(18)20)11(2)7-5-8-12(16)3/h11-13,21H,4-10H2,1-3H3,(H,17,20). The lowest BCUT2D eigenvalue weighted by Crippen LogP contribution is -2.59. The Morgan fingerprint density at radius 3 is 2.48 bits per heavy atom. The van der Waals surface area contributed by atoms with Crippen molar-refractivity contribution in [2.75, 3.05) is 12.3 Å². The van der Waals surface area contributed by atoms with Crippen LogP contribution in [0.3, 0.4) is 0 Å². The molecule has 1 aliphatic carbocycles. The quantitative estimate of drug-likeness (QED) is 0.605. The molecular weight excluding hydrogens is 284 g/mol. The molecule has 1 saturated carbocycles. The van der Waals surface area contributed by atoms with Crippen LogP contribution in [-0.2, 0) is 4.79 Å². The molecule has 1 spiro atoms. The minimum absolute atomic E-state index is 0.00455. The number of thiol groups is 1. The normalized spacial score (nSPS) is 34.4. The molecule has 0 aromatic heterocycles. The fourth-order valence-electron chi connectivity index (χ4n) is 4.03. The molecule has 2 rings (SSSR count). The van der Waals surface area contributed by atoms with Crippen LogP contribution < -0.4 is 5.32 Å². The van der Waals surface area contributed by atoms with Crippen molar-refractivity contribution in [3.8, 4) is 0 Å². The largest absolute Gasteiger partial charge is 0.325 e. The number of rotatable bonds is 5. The summed E-state index contributed by atoms with van der Waals surface area (Å²) >= 11 is 4.37. The predicted octanol–water partition coefficient (Wildman–Crippen LogP) is 3.08. The molecule has 5 heteroatoms. The fraction of sp³-hybridized carbons (Fsp3) is 0.875. The van der Waals surface area contributed by atoms with Crippen LogP contribution >= 0.6 is 12.6 Å². The van der Waals surface area contributed by atoms with Crippen LogP contribution in [0.25, 0.3) is 0 Å². The zero-order chi connectivity index (χ0) is 15.6. The van der Waals surface area contributed by atoms with Crippen molar-refractivity contribution in [1.82, 2.24) is 10.2 Å². The Morgan fingerprint density at radius 1 is 1.33 bits per heavy atom. The number of nitrogens with zero attached hydrogens (tertiary/aromatic N) is 1. The third-order valence-corrected chi connectivity index (χ3v) is 5.90. The summed E-state index contributed by atoms with van der Waals surface area (Å²) < 4.78 is 0. The molecule has 4 nitrogen and oxygen atoms in total. The number of carbonyl (C=O) groups is 2. The van der Waals surface area contributed by atoms with Crippen molar-refractivity contribution in [3.05, 3.63) is 0 Å². The van der Waals surface area contributed by atoms with Gasteiger partial charge in [0.1, 0.15) is 5.54 Å². The molecule has 2 fully saturated rings. The molecule has 0 radical (unpaired) electrons. The average Bonchev–Trinajstić information content (AvgIpc) is 2.70. The van der Waals surface area contributed by atoms with Gasteiger partial charge in [0.2, 0.25) is 0 Å². The number of hydrogen-bond acceptors (Lipinski definition) is 3. The maximum atomic E-state index is 13.0. The van der Waals surface area contributed by atoms with Gasteiger partial charge in [-0.25, -0.2) is 4.79 Å². The third-order valence-electron chi connectivity index (χ3n) is 5.38. The van der Waals surface area contributed by atoms with Gasteiger partial charge in [-0.3, -0.25) is 9.69 Å². The summed E-state index contributed by atoms with van der Waals surface area (Å²) in [5, 5.41) is 3.05. The first-order valence-electron chi connectivity index (χ1n) is 8.22. The van der Waals surface area contributed by atoms with Crippen LogP contribution in [0.15, 0.2) is 0 Å². The summed E-state index contributed by atoms with van der Waals surface area (Å²) in [7, 11) is 0. The zero-order valence-electron chi connectivity index (χ0n) is 13.4. The van der Waals surface area contributed by atoms with Gasteiger partial charge in [-0.05, 0) is 42.8 Å². The number of hydrogen-bond donors (Lipinski definition) is 2. The van der Waals surface area contributed by atoms with Gasteiger partial charge in [-0.1, -0.05) is 33.6 Å². The van der Waals surface area contributed by atoms with E-state index >= 15 is 0 Å². The highest BCUT2D eigenvalue weighted by Gasteiger charge is 2.58. The second kappa shape index (κ2) is 6.59. The van der Waals surface area contributed by atoms with Crippen molar-refractivity contribution >= 4 is 24.6 Å². The second-order valence-corrected chi connectivity index (χ2v) is 7.15. The van der Waals surface area contributed by atoms with E-state index in [1.54, 1.807) is 0 Å². The minimum atomic E-state index is -0.664. The van der Waals surface area contributed by atoms with E-state index in [4.69, 9.17) is 0 Å². The molecule has 1 heterocycles. The van der Waals surface area contributed by atoms with Crippen molar-refractivity contribution in [3.63, 3.8) is 0 Å². The first kappa shape index (κ1) is 16.7. The van der Waals surface area contributed by atoms with Crippen LogP contribution in [0.4, 0.5) is 4.79 Å². The van der Waals surface area contributed by atoms with Gasteiger partial charge in [0.05, 0.1) is 0 Å². The lowest BCUT2D eigenvalue weighted by atomic mass is 9.67. The molecule has 1 saturated heterocycles. The van der Waals surface area contributed by atoms with Crippen molar-refractivity contribution in [2.24, 2.45) is 17.8 Å². The van der Waals surface area contributed by atoms with Crippen molar-refractivity contribution < 1.29 is 9.59 Å². The highest BCUT2D eigenvalue weighted by molar-refractivity contribution is 7.80. The third kappa shape index (κ3) is 2.81. The fourth-order valence-corrected chi connectivity index (χ4v) is 4.32. The Bertz CT molecular complexity index is 403. The van der Waals surface area contributed by atoms with E-state index in [1.165, 1.54) is 4.90 Å². The molecule has 0 aromatic rings. The lowest BCUT2D eigenvalue weighted by Gasteiger charge is -2.42. The van der Waals surface area contributed by atoms with E-state index in [0.29, 0.717) is 12.3 Å². The van der Waals surface area contributed by atoms with Crippen LogP contribution in [0, 0.1) is 17.8 Å². The van der Waals surface area contributed by atoms with E-state index < -0.39 is 5.54 Å². The summed E-state index contributed by atoms with van der Waals surface area (Å²) in [5.74, 6) is 1.42. The number of urea groups is 1. The Labute approximate surface area is 133 Å². The van der Waals surface area contributed by atoms with Gasteiger partial charge in [-0.2, -0.15) is 12.6 Å². The number of carbonyl (C=O) groups excluding carboxylic acids is 2. The highest BCUT2D eigenvalue weighted by atomic mass is 32.1. The molecule has 0 bridgehead atoms. The molecule has 1 aliphatic heterocycles. The maximum absolute atomic E-state index is 13.0. The monoisotopic (exact) mass is 312 g/mol. The van der Waals surface area contributed by atoms with Crippen molar-refractivity contribution in [1.29, 1.82) is 0 Å². The van der Waals surface area contributed by atoms with Crippen LogP contribution in [0.1, 0.15) is 52.9 Å². The van der Waals surface area contributed by atoms with E-state index in [9.17, 15) is 9.59 Å². The van der Waals surface area contributed by atoms with Crippen LogP contribution in [-0.4, -0.2) is 34.7 Å². The molecule has 3 unspecified atom stereocenters. The minimum Gasteiger partial charge on any atom is -0.323 e. The number of amides is 3. The highest BCUT2D eigenvalue weighted by Crippen LogP contribution is 2.42. The molecule has 2 aliphatic rings. The SMILES string of the molecule is CCCC(CS)CN1C(=O)NC2(C1=O)C(C)CCCC2C. The first-order valence-corrected chi connectivity index (χ1v) is 8.85. The summed E-state index contributed by atoms with van der Waals surface area (Å²) in [4.78, 5) is 26.8. The molecule has 0 aromatic carbocycles. The second-order valence-electron chi connectivity index (χ2n) is 6.79. The van der Waals surface area contributed by atoms with E-state index in [2.05, 4.69) is 38.7 Å². The van der Waals surface area contributed by atoms with Crippen molar-refractivity contribution in [2.45, 2.75) is 58.4 Å². The van der Waals surface area contributed by atoms with E-state index in [0.717, 1.165) is 32.1 Å². The Morgan fingerprint density at radius 2 is 1.95 bits per heavy atom. The summed E-state index contributed by atoms with van der Waals surface area (Å²) in [6, 6.07) is -0.205. The molecule has 120 valence electrons. The summed E-state index contributed by atoms with van der Waals surface area (Å²) in [6.07, 6.45) is 5.21. The Balaban J connectivity index is 2.19. The molecule has 21 heavy (non-hydrogen) atoms. The van der Waals surface area contributed by atoms with Crippen LogP contribution in [0.2, 0.25) is 0 Å². The average molecular weight is 312 g/mol. The van der Waals surface area contributed by atoms with Crippen LogP contribution in [0.5, 0.6) is 0 Å². The molecule has 1 N–H and O–H groups in total. The van der Waals surface area contributed by atoms with Gasteiger partial charge >= 0.3 is 6.03 Å². The van der Waals surface area contributed by atoms with Gasteiger partial charge in [-0.15, -0.1) is 0 Å². The number of nitrogens with one attached hydrogen (secondary N) is 1. The van der Waals surface area contributed by atoms with E-state index in [-0.39, 0.29) is 29.7 Å². The number of imide groups is 1. The van der Waals surface area contributed by atoms with E-state index in [1.807, 2.05) is 0 Å². The van der Waals surface area contributed by atoms with Gasteiger partial charge in [0.25, 0.3) is 5.91 Å². The zero-order valence-corrected chi connectivity index (χ0v) is 14.3. The Hall–Kier alpha value is -0.710. The lowest BCUT2D eigenvalue weighted by molar-refractivity contribution is -0.136.